The van der Waals surface area contributed by atoms with Gasteiger partial charge in [-0.15, -0.1) is 0 Å². The van der Waals surface area contributed by atoms with Gasteiger partial charge in [0.1, 0.15) is 11.2 Å². The quantitative estimate of drug-likeness (QED) is 0.160. The molecule has 286 valence electrons. The molecule has 61 heavy (non-hydrogen) atoms. The van der Waals surface area contributed by atoms with Gasteiger partial charge in [-0.3, -0.25) is 0 Å². The monoisotopic (exact) mass is 777 g/mol. The van der Waals surface area contributed by atoms with Crippen LogP contribution in [-0.4, -0.2) is 0 Å². The number of benzene rings is 10. The molecule has 1 aromatic heterocycles. The number of hydrogen-bond donors (Lipinski definition) is 0. The molecule has 12 rings (SSSR count). The summed E-state index contributed by atoms with van der Waals surface area (Å²) in [5.74, 6) is 0. The van der Waals surface area contributed by atoms with Gasteiger partial charge in [0.25, 0.3) is 0 Å². The molecule has 0 amide bonds. The fourth-order valence-corrected chi connectivity index (χ4v) is 10.0. The maximum absolute atomic E-state index is 6.85. The molecule has 1 aliphatic rings. The minimum Gasteiger partial charge on any atom is -0.456 e. The summed E-state index contributed by atoms with van der Waals surface area (Å²) in [4.78, 5) is 2.37. The molecule has 0 bridgehead atoms. The van der Waals surface area contributed by atoms with E-state index < -0.39 is 5.41 Å². The Morgan fingerprint density at radius 2 is 0.787 bits per heavy atom. The summed E-state index contributed by atoms with van der Waals surface area (Å²) in [6.45, 7) is 0. The van der Waals surface area contributed by atoms with E-state index in [9.17, 15) is 0 Å². The van der Waals surface area contributed by atoms with Gasteiger partial charge in [0, 0.05) is 33.4 Å². The Kier molecular flexibility index (Phi) is 8.11. The summed E-state index contributed by atoms with van der Waals surface area (Å²) in [6, 6.07) is 85.8. The zero-order chi connectivity index (χ0) is 40.3. The molecule has 10 aromatic carbocycles. The largest absolute Gasteiger partial charge is 0.456 e. The van der Waals surface area contributed by atoms with E-state index in [-0.39, 0.29) is 0 Å². The van der Waals surface area contributed by atoms with Crippen molar-refractivity contribution in [3.05, 3.63) is 259 Å². The van der Waals surface area contributed by atoms with Crippen LogP contribution in [0.15, 0.2) is 241 Å². The van der Waals surface area contributed by atoms with Crippen molar-refractivity contribution >= 4 is 49.8 Å². The first kappa shape index (κ1) is 35.0. The third-order valence-corrected chi connectivity index (χ3v) is 12.8. The van der Waals surface area contributed by atoms with Crippen LogP contribution in [0.2, 0.25) is 0 Å². The molecular weight excluding hydrogens is 739 g/mol. The maximum atomic E-state index is 6.85. The number of para-hydroxylation sites is 2. The SMILES string of the molecule is c1ccc(-c2ccc(N(c3ccc(-c4cccc5ccccc45)cc3)c3ccc(C4(c5cccc6c5oc5ccccc56)c5ccccc5-c5ccccc54)cc3)cc2)cc1. The van der Waals surface area contributed by atoms with Gasteiger partial charge in [0.15, 0.2) is 0 Å². The highest BCUT2D eigenvalue weighted by Gasteiger charge is 2.47. The second-order valence-electron chi connectivity index (χ2n) is 16.0. The van der Waals surface area contributed by atoms with Crippen molar-refractivity contribution in [2.45, 2.75) is 5.41 Å². The minimum atomic E-state index is -0.624. The van der Waals surface area contributed by atoms with E-state index in [4.69, 9.17) is 4.42 Å². The molecule has 1 heterocycles. The van der Waals surface area contributed by atoms with Crippen molar-refractivity contribution in [1.29, 1.82) is 0 Å². The third kappa shape index (κ3) is 5.50. The number of nitrogens with zero attached hydrogens (tertiary/aromatic N) is 1. The highest BCUT2D eigenvalue weighted by molar-refractivity contribution is 6.07. The summed E-state index contributed by atoms with van der Waals surface area (Å²) in [5, 5.41) is 4.75. The van der Waals surface area contributed by atoms with Crippen LogP contribution < -0.4 is 4.90 Å². The molecule has 11 aromatic rings. The summed E-state index contributed by atoms with van der Waals surface area (Å²) < 4.78 is 6.85. The van der Waals surface area contributed by atoms with E-state index >= 15 is 0 Å². The first-order chi connectivity index (χ1) is 30.3. The molecule has 0 saturated heterocycles. The standard InChI is InChI=1S/C59H39NO/c1-2-14-40(15-3-1)41-28-34-45(35-29-41)60(46-36-30-43(31-37-46)49-22-12-17-42-16-4-5-18-48(42)49)47-38-32-44(33-39-47)59(54-24-9-6-19-50(54)51-20-7-10-25-55(51)59)56-26-13-23-53-52-21-8-11-27-57(52)61-58(53)56/h1-39H. The average Bonchev–Trinajstić information content (AvgIpc) is 3.87. The molecular formula is C59H39NO. The predicted molar refractivity (Wildman–Crippen MR) is 254 cm³/mol. The number of rotatable bonds is 7. The van der Waals surface area contributed by atoms with Gasteiger partial charge in [-0.25, -0.2) is 0 Å². The lowest BCUT2D eigenvalue weighted by Crippen LogP contribution is -2.28. The number of fused-ring (bicyclic) bond motifs is 7. The minimum absolute atomic E-state index is 0.624. The fourth-order valence-electron chi connectivity index (χ4n) is 10.0. The van der Waals surface area contributed by atoms with E-state index in [0.29, 0.717) is 0 Å². The van der Waals surface area contributed by atoms with Crippen molar-refractivity contribution in [2.75, 3.05) is 4.90 Å². The van der Waals surface area contributed by atoms with Crippen molar-refractivity contribution in [2.24, 2.45) is 0 Å². The van der Waals surface area contributed by atoms with Crippen LogP contribution in [0.3, 0.4) is 0 Å². The molecule has 0 N–H and O–H groups in total. The predicted octanol–water partition coefficient (Wildman–Crippen LogP) is 15.9. The second kappa shape index (κ2) is 14.1. The smallest absolute Gasteiger partial charge is 0.140 e. The van der Waals surface area contributed by atoms with Gasteiger partial charge < -0.3 is 9.32 Å². The molecule has 0 spiro atoms. The van der Waals surface area contributed by atoms with E-state index in [2.05, 4.69) is 241 Å². The van der Waals surface area contributed by atoms with Crippen LogP contribution in [-0.2, 0) is 5.41 Å². The van der Waals surface area contributed by atoms with Crippen molar-refractivity contribution in [1.82, 2.24) is 0 Å². The molecule has 0 radical (unpaired) electrons. The second-order valence-corrected chi connectivity index (χ2v) is 16.0. The Hall–Kier alpha value is -7.94. The van der Waals surface area contributed by atoms with E-state index in [0.717, 1.165) is 44.6 Å². The fraction of sp³-hybridized carbons (Fsp3) is 0.0169. The lowest BCUT2D eigenvalue weighted by Gasteiger charge is -2.34. The summed E-state index contributed by atoms with van der Waals surface area (Å²) in [5.41, 5.74) is 16.6. The number of hydrogen-bond acceptors (Lipinski definition) is 2. The molecule has 0 unspecified atom stereocenters. The van der Waals surface area contributed by atoms with Gasteiger partial charge >= 0.3 is 0 Å². The van der Waals surface area contributed by atoms with E-state index in [1.54, 1.807) is 0 Å². The lowest BCUT2D eigenvalue weighted by atomic mass is 9.67. The highest BCUT2D eigenvalue weighted by Crippen LogP contribution is 2.58. The molecule has 0 atom stereocenters. The highest BCUT2D eigenvalue weighted by atomic mass is 16.3. The van der Waals surface area contributed by atoms with Gasteiger partial charge in [-0.2, -0.15) is 0 Å². The third-order valence-electron chi connectivity index (χ3n) is 12.8. The Labute approximate surface area is 355 Å². The van der Waals surface area contributed by atoms with Crippen molar-refractivity contribution in [3.8, 4) is 33.4 Å². The Morgan fingerprint density at radius 1 is 0.311 bits per heavy atom. The Bertz CT molecular complexity index is 3350. The summed E-state index contributed by atoms with van der Waals surface area (Å²) in [6.07, 6.45) is 0. The Morgan fingerprint density at radius 3 is 1.49 bits per heavy atom. The van der Waals surface area contributed by atoms with Crippen molar-refractivity contribution in [3.63, 3.8) is 0 Å². The molecule has 1 aliphatic carbocycles. The van der Waals surface area contributed by atoms with Crippen molar-refractivity contribution < 1.29 is 4.42 Å². The van der Waals surface area contributed by atoms with Crippen LogP contribution in [0.5, 0.6) is 0 Å². The first-order valence-corrected chi connectivity index (χ1v) is 21.0. The average molecular weight is 778 g/mol. The zero-order valence-electron chi connectivity index (χ0n) is 33.4. The molecule has 0 saturated carbocycles. The number of anilines is 3. The van der Waals surface area contributed by atoms with Crippen LogP contribution in [0, 0.1) is 0 Å². The van der Waals surface area contributed by atoms with Crippen LogP contribution in [0.1, 0.15) is 22.3 Å². The van der Waals surface area contributed by atoms with E-state index in [1.165, 1.54) is 60.8 Å². The van der Waals surface area contributed by atoms with E-state index in [1.807, 2.05) is 0 Å². The molecule has 2 heteroatoms. The van der Waals surface area contributed by atoms with Crippen LogP contribution >= 0.6 is 0 Å². The van der Waals surface area contributed by atoms with Gasteiger partial charge in [0.05, 0.1) is 5.41 Å². The van der Waals surface area contributed by atoms with Crippen LogP contribution in [0.4, 0.5) is 17.1 Å². The maximum Gasteiger partial charge on any atom is 0.140 e. The summed E-state index contributed by atoms with van der Waals surface area (Å²) >= 11 is 0. The Balaban J connectivity index is 1.04. The lowest BCUT2D eigenvalue weighted by molar-refractivity contribution is 0.648. The molecule has 0 aliphatic heterocycles. The first-order valence-electron chi connectivity index (χ1n) is 21.0. The zero-order valence-corrected chi connectivity index (χ0v) is 33.4. The normalized spacial score (nSPS) is 12.7. The molecule has 2 nitrogen and oxygen atoms in total. The topological polar surface area (TPSA) is 16.4 Å². The van der Waals surface area contributed by atoms with Crippen LogP contribution in [0.25, 0.3) is 66.1 Å². The van der Waals surface area contributed by atoms with Gasteiger partial charge in [-0.05, 0) is 103 Å². The van der Waals surface area contributed by atoms with Gasteiger partial charge in [0.2, 0.25) is 0 Å². The van der Waals surface area contributed by atoms with Gasteiger partial charge in [-0.1, -0.05) is 194 Å². The number of furan rings is 1. The summed E-state index contributed by atoms with van der Waals surface area (Å²) in [7, 11) is 0. The molecule has 0 fully saturated rings.